The number of fused-ring (bicyclic) bond motifs is 1. The summed E-state index contributed by atoms with van der Waals surface area (Å²) in [5.74, 6) is -2.83. The van der Waals surface area contributed by atoms with E-state index < -0.39 is 29.5 Å². The number of aliphatic carboxylic acids is 1. The van der Waals surface area contributed by atoms with Crippen LogP contribution in [0, 0.1) is 11.8 Å². The van der Waals surface area contributed by atoms with Crippen LogP contribution in [0.5, 0.6) is 0 Å². The van der Waals surface area contributed by atoms with Crippen molar-refractivity contribution in [2.24, 2.45) is 11.8 Å². The van der Waals surface area contributed by atoms with E-state index in [0.29, 0.717) is 13.1 Å². The molecule has 1 aromatic heterocycles. The zero-order chi connectivity index (χ0) is 15.3. The largest absolute Gasteiger partial charge is 0.550 e. The Kier molecular flexibility index (Phi) is 2.87. The molecule has 1 spiro atoms. The summed E-state index contributed by atoms with van der Waals surface area (Å²) in [7, 11) is 0. The van der Waals surface area contributed by atoms with E-state index in [2.05, 4.69) is 4.98 Å². The number of rotatable bonds is 5. The standard InChI is InChI=1S/C15H17N3O4/c19-13-12-11(14(20)21)10-2-3-15(12,22-10)8-18(13)6-1-5-17-7-4-16-9-17/h2-4,7,9-12H,1,5-6,8H2,(H,20,21)/p-1/t10-,11-,12+,15-/m0/s1. The van der Waals surface area contributed by atoms with Crippen LogP contribution in [0.15, 0.2) is 30.9 Å². The summed E-state index contributed by atoms with van der Waals surface area (Å²) in [6.45, 7) is 1.78. The first-order valence-corrected chi connectivity index (χ1v) is 7.43. The Labute approximate surface area is 127 Å². The highest BCUT2D eigenvalue weighted by molar-refractivity contribution is 5.90. The van der Waals surface area contributed by atoms with Crippen LogP contribution in [0.2, 0.25) is 0 Å². The molecule has 0 radical (unpaired) electrons. The Morgan fingerprint density at radius 1 is 1.50 bits per heavy atom. The zero-order valence-electron chi connectivity index (χ0n) is 11.9. The number of aromatic nitrogens is 2. The van der Waals surface area contributed by atoms with Gasteiger partial charge in [-0.05, 0) is 6.42 Å². The molecular formula is C15H16N3O4-. The van der Waals surface area contributed by atoms with Gasteiger partial charge in [0.1, 0.15) is 5.60 Å². The van der Waals surface area contributed by atoms with E-state index in [4.69, 9.17) is 4.74 Å². The van der Waals surface area contributed by atoms with Crippen molar-refractivity contribution >= 4 is 11.9 Å². The van der Waals surface area contributed by atoms with Crippen LogP contribution in [0.25, 0.3) is 0 Å². The van der Waals surface area contributed by atoms with Gasteiger partial charge >= 0.3 is 0 Å². The summed E-state index contributed by atoms with van der Waals surface area (Å²) >= 11 is 0. The van der Waals surface area contributed by atoms with Crippen LogP contribution in [-0.4, -0.2) is 51.1 Å². The number of ether oxygens (including phenoxy) is 1. The molecule has 0 N–H and O–H groups in total. The van der Waals surface area contributed by atoms with Gasteiger partial charge in [0.15, 0.2) is 0 Å². The summed E-state index contributed by atoms with van der Waals surface area (Å²) in [5.41, 5.74) is -0.762. The minimum Gasteiger partial charge on any atom is -0.550 e. The summed E-state index contributed by atoms with van der Waals surface area (Å²) in [6.07, 6.45) is 9.19. The second-order valence-electron chi connectivity index (χ2n) is 6.13. The van der Waals surface area contributed by atoms with E-state index >= 15 is 0 Å². The van der Waals surface area contributed by atoms with Crippen LogP contribution < -0.4 is 5.11 Å². The molecule has 116 valence electrons. The van der Waals surface area contributed by atoms with Gasteiger partial charge in [-0.3, -0.25) is 4.79 Å². The van der Waals surface area contributed by atoms with Crippen LogP contribution in [0.4, 0.5) is 0 Å². The zero-order valence-corrected chi connectivity index (χ0v) is 11.9. The fourth-order valence-electron chi connectivity index (χ4n) is 3.90. The second kappa shape index (κ2) is 4.67. The molecule has 7 heteroatoms. The molecule has 1 amide bonds. The van der Waals surface area contributed by atoms with Gasteiger partial charge in [-0.2, -0.15) is 0 Å². The lowest BCUT2D eigenvalue weighted by Crippen LogP contribution is -2.45. The van der Waals surface area contributed by atoms with Crippen molar-refractivity contribution in [1.29, 1.82) is 0 Å². The number of hydrogen-bond acceptors (Lipinski definition) is 5. The quantitative estimate of drug-likeness (QED) is 0.638. The van der Waals surface area contributed by atoms with Gasteiger partial charge in [0.2, 0.25) is 5.91 Å². The fourth-order valence-corrected chi connectivity index (χ4v) is 3.90. The maximum absolute atomic E-state index is 12.6. The third-order valence-electron chi connectivity index (χ3n) is 4.85. The van der Waals surface area contributed by atoms with Crippen molar-refractivity contribution in [2.75, 3.05) is 13.1 Å². The monoisotopic (exact) mass is 302 g/mol. The number of amides is 1. The van der Waals surface area contributed by atoms with Crippen molar-refractivity contribution in [3.63, 3.8) is 0 Å². The SMILES string of the molecule is O=C([O-])[C@H]1[C@@H]2C=C[C@@]3(CN(CCCn4ccnc4)C(=O)[C@@H]13)O2. The number of likely N-dealkylation sites (tertiary alicyclic amines) is 1. The third-order valence-corrected chi connectivity index (χ3v) is 4.85. The first-order valence-electron chi connectivity index (χ1n) is 7.43. The molecule has 1 aromatic rings. The molecule has 2 bridgehead atoms. The maximum atomic E-state index is 12.6. The van der Waals surface area contributed by atoms with Crippen molar-refractivity contribution in [1.82, 2.24) is 14.5 Å². The Morgan fingerprint density at radius 2 is 2.36 bits per heavy atom. The van der Waals surface area contributed by atoms with E-state index in [0.717, 1.165) is 13.0 Å². The number of carbonyl (C=O) groups excluding carboxylic acids is 2. The maximum Gasteiger partial charge on any atom is 0.229 e. The fraction of sp³-hybridized carbons (Fsp3) is 0.533. The number of carboxylic acids is 1. The highest BCUT2D eigenvalue weighted by atomic mass is 16.5. The summed E-state index contributed by atoms with van der Waals surface area (Å²) in [4.78, 5) is 29.6. The minimum atomic E-state index is -1.20. The lowest BCUT2D eigenvalue weighted by molar-refractivity contribution is -0.313. The Balaban J connectivity index is 1.45. The summed E-state index contributed by atoms with van der Waals surface area (Å²) in [6, 6.07) is 0. The van der Waals surface area contributed by atoms with Gasteiger partial charge in [0.25, 0.3) is 0 Å². The number of imidazole rings is 1. The molecule has 22 heavy (non-hydrogen) atoms. The number of aryl methyl sites for hydroxylation is 1. The Bertz CT molecular complexity index is 641. The predicted molar refractivity (Wildman–Crippen MR) is 72.2 cm³/mol. The van der Waals surface area contributed by atoms with Gasteiger partial charge in [0, 0.05) is 37.4 Å². The molecule has 2 fully saturated rings. The van der Waals surface area contributed by atoms with Crippen LogP contribution in [-0.2, 0) is 20.9 Å². The molecule has 2 saturated heterocycles. The van der Waals surface area contributed by atoms with E-state index in [9.17, 15) is 14.7 Å². The van der Waals surface area contributed by atoms with Crippen LogP contribution in [0.1, 0.15) is 6.42 Å². The summed E-state index contributed by atoms with van der Waals surface area (Å²) in [5, 5.41) is 11.3. The van der Waals surface area contributed by atoms with Gasteiger partial charge in [-0.1, -0.05) is 12.2 Å². The first kappa shape index (κ1) is 13.5. The number of carboxylic acid groups (broad SMARTS) is 1. The second-order valence-corrected chi connectivity index (χ2v) is 6.13. The molecule has 0 aliphatic carbocycles. The average Bonchev–Trinajstić information content (AvgIpc) is 3.22. The lowest BCUT2D eigenvalue weighted by Gasteiger charge is -2.24. The number of nitrogens with zero attached hydrogens (tertiary/aromatic N) is 3. The molecule has 4 heterocycles. The molecule has 4 rings (SSSR count). The summed E-state index contributed by atoms with van der Waals surface area (Å²) < 4.78 is 7.75. The highest BCUT2D eigenvalue weighted by Crippen LogP contribution is 2.51. The molecule has 0 unspecified atom stereocenters. The molecule has 3 aliphatic heterocycles. The van der Waals surface area contributed by atoms with Crippen LogP contribution in [0.3, 0.4) is 0 Å². The molecule has 7 nitrogen and oxygen atoms in total. The van der Waals surface area contributed by atoms with E-state index in [1.165, 1.54) is 0 Å². The van der Waals surface area contributed by atoms with Crippen molar-refractivity contribution < 1.29 is 19.4 Å². The van der Waals surface area contributed by atoms with Gasteiger partial charge in [-0.15, -0.1) is 0 Å². The Hall–Kier alpha value is -2.15. The molecular weight excluding hydrogens is 286 g/mol. The van der Waals surface area contributed by atoms with Crippen molar-refractivity contribution in [3.05, 3.63) is 30.9 Å². The molecule has 0 aromatic carbocycles. The van der Waals surface area contributed by atoms with E-state index in [1.807, 2.05) is 16.8 Å². The van der Waals surface area contributed by atoms with Gasteiger partial charge in [-0.25, -0.2) is 4.98 Å². The minimum absolute atomic E-state index is 0.133. The first-order chi connectivity index (χ1) is 10.6. The normalized spacial score (nSPS) is 35.4. The number of carbonyl (C=O) groups is 2. The van der Waals surface area contributed by atoms with Gasteiger partial charge in [0.05, 0.1) is 24.9 Å². The lowest BCUT2D eigenvalue weighted by atomic mass is 9.77. The Morgan fingerprint density at radius 3 is 3.09 bits per heavy atom. The van der Waals surface area contributed by atoms with Crippen molar-refractivity contribution in [2.45, 2.75) is 24.7 Å². The van der Waals surface area contributed by atoms with Crippen molar-refractivity contribution in [3.8, 4) is 0 Å². The topological polar surface area (TPSA) is 87.5 Å². The molecule has 0 saturated carbocycles. The molecule has 4 atom stereocenters. The molecule has 3 aliphatic rings. The van der Waals surface area contributed by atoms with Gasteiger partial charge < -0.3 is 24.1 Å². The smallest absolute Gasteiger partial charge is 0.229 e. The van der Waals surface area contributed by atoms with Crippen LogP contribution >= 0.6 is 0 Å². The number of hydrogen-bond donors (Lipinski definition) is 0. The van der Waals surface area contributed by atoms with E-state index in [1.54, 1.807) is 23.5 Å². The highest BCUT2D eigenvalue weighted by Gasteiger charge is 2.65. The predicted octanol–water partition coefficient (Wildman–Crippen LogP) is -1.19. The average molecular weight is 302 g/mol. The third kappa shape index (κ3) is 1.81. The van der Waals surface area contributed by atoms with E-state index in [-0.39, 0.29) is 5.91 Å².